The topological polar surface area (TPSA) is 83.5 Å². The van der Waals surface area contributed by atoms with Crippen LogP contribution in [0.4, 0.5) is 0 Å². The molecule has 16 heavy (non-hydrogen) atoms. The fraction of sp³-hybridized carbons (Fsp3) is 0.222. The Hall–Kier alpha value is -1.05. The highest BCUT2D eigenvalue weighted by Gasteiger charge is 2.23. The van der Waals surface area contributed by atoms with E-state index in [0.717, 1.165) is 0 Å². The van der Waals surface area contributed by atoms with Crippen LogP contribution >= 0.6 is 12.6 Å². The fourth-order valence-electron chi connectivity index (χ4n) is 1.02. The van der Waals surface area contributed by atoms with E-state index in [1.807, 2.05) is 0 Å². The quantitative estimate of drug-likeness (QED) is 0.668. The second-order valence-electron chi connectivity index (χ2n) is 3.01. The minimum absolute atomic E-state index is 0.0306. The van der Waals surface area contributed by atoms with Gasteiger partial charge in [0.15, 0.2) is 0 Å². The highest BCUT2D eigenvalue weighted by Crippen LogP contribution is 2.08. The summed E-state index contributed by atoms with van der Waals surface area (Å²) in [5.41, 5.74) is 0. The van der Waals surface area contributed by atoms with E-state index in [1.54, 1.807) is 18.2 Å². The second kappa shape index (κ2) is 5.33. The first-order valence-corrected chi connectivity index (χ1v) is 6.50. The number of carbonyl (C=O) groups is 1. The van der Waals surface area contributed by atoms with Gasteiger partial charge in [-0.2, -0.15) is 17.4 Å². The van der Waals surface area contributed by atoms with Crippen LogP contribution in [0.1, 0.15) is 0 Å². The first-order chi connectivity index (χ1) is 7.47. The van der Waals surface area contributed by atoms with Crippen molar-refractivity contribution in [3.8, 4) is 0 Å². The number of hydrogen-bond acceptors (Lipinski definition) is 4. The zero-order valence-corrected chi connectivity index (χ0v) is 9.91. The molecule has 0 fully saturated rings. The van der Waals surface area contributed by atoms with E-state index >= 15 is 0 Å². The summed E-state index contributed by atoms with van der Waals surface area (Å²) in [5.74, 6) is -1.36. The van der Waals surface area contributed by atoms with Gasteiger partial charge in [-0.25, -0.2) is 8.42 Å². The van der Waals surface area contributed by atoms with Crippen LogP contribution in [-0.4, -0.2) is 31.3 Å². The maximum Gasteiger partial charge on any atom is 0.322 e. The minimum Gasteiger partial charge on any atom is -0.480 e. The molecule has 0 aliphatic heterocycles. The first kappa shape index (κ1) is 13.0. The predicted molar refractivity (Wildman–Crippen MR) is 62.0 cm³/mol. The van der Waals surface area contributed by atoms with Crippen molar-refractivity contribution in [2.45, 2.75) is 10.9 Å². The van der Waals surface area contributed by atoms with Gasteiger partial charge >= 0.3 is 5.97 Å². The lowest BCUT2D eigenvalue weighted by Crippen LogP contribution is -2.41. The lowest BCUT2D eigenvalue weighted by molar-refractivity contribution is -0.138. The highest BCUT2D eigenvalue weighted by molar-refractivity contribution is 7.89. The maximum atomic E-state index is 11.7. The Morgan fingerprint density at radius 2 is 1.94 bits per heavy atom. The second-order valence-corrected chi connectivity index (χ2v) is 5.09. The van der Waals surface area contributed by atoms with Crippen molar-refractivity contribution >= 4 is 28.6 Å². The van der Waals surface area contributed by atoms with Crippen molar-refractivity contribution in [2.24, 2.45) is 0 Å². The molecule has 0 saturated heterocycles. The van der Waals surface area contributed by atoms with Crippen molar-refractivity contribution in [2.75, 3.05) is 5.75 Å². The third kappa shape index (κ3) is 3.22. The number of thiol groups is 1. The molecule has 0 aliphatic carbocycles. The zero-order valence-electron chi connectivity index (χ0n) is 8.20. The molecule has 0 amide bonds. The Morgan fingerprint density at radius 3 is 2.38 bits per heavy atom. The van der Waals surface area contributed by atoms with Gasteiger partial charge in [-0.05, 0) is 12.1 Å². The number of carboxylic acid groups (broad SMARTS) is 1. The molecule has 0 aromatic heterocycles. The SMILES string of the molecule is O=C(O)[C@H](CS)NS(=O)(=O)c1ccccc1. The summed E-state index contributed by atoms with van der Waals surface area (Å²) in [6.45, 7) is 0. The number of sulfonamides is 1. The summed E-state index contributed by atoms with van der Waals surface area (Å²) in [6, 6.07) is 6.34. The van der Waals surface area contributed by atoms with Gasteiger partial charge in [0, 0.05) is 5.75 Å². The molecular weight excluding hydrogens is 250 g/mol. The molecule has 0 unspecified atom stereocenters. The molecule has 1 aromatic carbocycles. The molecule has 0 radical (unpaired) electrons. The predicted octanol–water partition coefficient (Wildman–Crippen LogP) is 0.348. The van der Waals surface area contributed by atoms with Gasteiger partial charge in [-0.1, -0.05) is 18.2 Å². The normalized spacial score (nSPS) is 13.3. The number of hydrogen-bond donors (Lipinski definition) is 3. The van der Waals surface area contributed by atoms with Crippen LogP contribution in [0.25, 0.3) is 0 Å². The van der Waals surface area contributed by atoms with Gasteiger partial charge in [0.2, 0.25) is 10.0 Å². The molecule has 5 nitrogen and oxygen atoms in total. The molecule has 1 rings (SSSR count). The molecule has 0 spiro atoms. The van der Waals surface area contributed by atoms with Crippen molar-refractivity contribution in [3.05, 3.63) is 30.3 Å². The van der Waals surface area contributed by atoms with Crippen LogP contribution in [-0.2, 0) is 14.8 Å². The van der Waals surface area contributed by atoms with Gasteiger partial charge in [-0.15, -0.1) is 0 Å². The minimum atomic E-state index is -3.80. The third-order valence-corrected chi connectivity index (χ3v) is 3.68. The fourth-order valence-corrected chi connectivity index (χ4v) is 2.60. The smallest absolute Gasteiger partial charge is 0.322 e. The number of carboxylic acids is 1. The van der Waals surface area contributed by atoms with Gasteiger partial charge in [0.25, 0.3) is 0 Å². The van der Waals surface area contributed by atoms with Crippen LogP contribution < -0.4 is 4.72 Å². The molecule has 0 bridgehead atoms. The molecule has 0 saturated carbocycles. The van der Waals surface area contributed by atoms with Crippen LogP contribution in [0.15, 0.2) is 35.2 Å². The Kier molecular flexibility index (Phi) is 4.34. The van der Waals surface area contributed by atoms with Crippen molar-refractivity contribution < 1.29 is 18.3 Å². The Balaban J connectivity index is 2.92. The van der Waals surface area contributed by atoms with Gasteiger partial charge < -0.3 is 5.11 Å². The molecule has 7 heteroatoms. The lowest BCUT2D eigenvalue weighted by atomic mass is 10.4. The van der Waals surface area contributed by atoms with Crippen LogP contribution in [0, 0.1) is 0 Å². The van der Waals surface area contributed by atoms with E-state index in [9.17, 15) is 13.2 Å². The number of nitrogens with one attached hydrogen (secondary N) is 1. The van der Waals surface area contributed by atoms with Gasteiger partial charge in [0.1, 0.15) is 6.04 Å². The van der Waals surface area contributed by atoms with E-state index in [4.69, 9.17) is 5.11 Å². The van der Waals surface area contributed by atoms with E-state index in [-0.39, 0.29) is 10.6 Å². The molecule has 88 valence electrons. The van der Waals surface area contributed by atoms with Crippen LogP contribution in [0.5, 0.6) is 0 Å². The Labute approximate surface area is 98.9 Å². The lowest BCUT2D eigenvalue weighted by Gasteiger charge is -2.12. The summed E-state index contributed by atoms with van der Waals surface area (Å²) in [5, 5.41) is 8.71. The van der Waals surface area contributed by atoms with E-state index in [0.29, 0.717) is 0 Å². The summed E-state index contributed by atoms with van der Waals surface area (Å²) < 4.78 is 25.5. The molecule has 2 N–H and O–H groups in total. The van der Waals surface area contributed by atoms with Gasteiger partial charge in [0.05, 0.1) is 4.90 Å². The van der Waals surface area contributed by atoms with Crippen molar-refractivity contribution in [1.29, 1.82) is 0 Å². The maximum absolute atomic E-state index is 11.7. The average Bonchev–Trinajstić information content (AvgIpc) is 2.27. The first-order valence-electron chi connectivity index (χ1n) is 4.38. The van der Waals surface area contributed by atoms with Gasteiger partial charge in [-0.3, -0.25) is 4.79 Å². The van der Waals surface area contributed by atoms with E-state index in [2.05, 4.69) is 17.4 Å². The summed E-state index contributed by atoms with van der Waals surface area (Å²) >= 11 is 3.77. The zero-order chi connectivity index (χ0) is 12.2. The molecule has 1 aromatic rings. The Bertz CT molecular complexity index is 458. The number of aliphatic carboxylic acids is 1. The molecule has 0 aliphatic rings. The number of benzene rings is 1. The van der Waals surface area contributed by atoms with E-state index in [1.165, 1.54) is 12.1 Å². The summed E-state index contributed by atoms with van der Waals surface area (Å²) in [6.07, 6.45) is 0. The number of rotatable bonds is 5. The molecule has 0 heterocycles. The van der Waals surface area contributed by atoms with Crippen LogP contribution in [0.2, 0.25) is 0 Å². The summed E-state index contributed by atoms with van der Waals surface area (Å²) in [7, 11) is -3.80. The molecule has 1 atom stereocenters. The highest BCUT2D eigenvalue weighted by atomic mass is 32.2. The van der Waals surface area contributed by atoms with E-state index < -0.39 is 22.0 Å². The van der Waals surface area contributed by atoms with Crippen molar-refractivity contribution in [1.82, 2.24) is 4.72 Å². The average molecular weight is 261 g/mol. The van der Waals surface area contributed by atoms with Crippen LogP contribution in [0.3, 0.4) is 0 Å². The monoisotopic (exact) mass is 261 g/mol. The Morgan fingerprint density at radius 1 is 1.38 bits per heavy atom. The largest absolute Gasteiger partial charge is 0.480 e. The van der Waals surface area contributed by atoms with Crippen molar-refractivity contribution in [3.63, 3.8) is 0 Å². The summed E-state index contributed by atoms with van der Waals surface area (Å²) in [4.78, 5) is 10.7. The third-order valence-electron chi connectivity index (χ3n) is 1.83. The molecular formula is C9H11NO4S2. The standard InChI is InChI=1S/C9H11NO4S2/c11-9(12)8(6-15)10-16(13,14)7-4-2-1-3-5-7/h1-5,8,10,15H,6H2,(H,11,12)/t8-/m0/s1.